The second-order valence-electron chi connectivity index (χ2n) is 7.94. The molecule has 2 saturated heterocycles. The summed E-state index contributed by atoms with van der Waals surface area (Å²) < 4.78 is 11.1. The zero-order valence-electron chi connectivity index (χ0n) is 16.9. The second-order valence-corrected chi connectivity index (χ2v) is 7.94. The lowest BCUT2D eigenvalue weighted by Crippen LogP contribution is -2.46. The highest BCUT2D eigenvalue weighted by atomic mass is 16.5. The first kappa shape index (κ1) is 20.4. The molecule has 0 radical (unpaired) electrons. The number of hydrogen-bond donors (Lipinski definition) is 2. The van der Waals surface area contributed by atoms with Gasteiger partial charge in [-0.25, -0.2) is 0 Å². The number of ether oxygens (including phenoxy) is 1. The number of para-hydroxylation sites is 1. The van der Waals surface area contributed by atoms with Gasteiger partial charge in [0.25, 0.3) is 5.91 Å². The van der Waals surface area contributed by atoms with Gasteiger partial charge < -0.3 is 24.7 Å². The number of benzene rings is 1. The molecule has 30 heavy (non-hydrogen) atoms. The summed E-state index contributed by atoms with van der Waals surface area (Å²) in [6.45, 7) is 2.71. The Hall–Kier alpha value is -2.87. The number of carbonyl (C=O) groups excluding carboxylic acids is 3. The Kier molecular flexibility index (Phi) is 6.32. The van der Waals surface area contributed by atoms with Crippen LogP contribution in [0.3, 0.4) is 0 Å². The summed E-state index contributed by atoms with van der Waals surface area (Å²) in [6.07, 6.45) is 3.45. The average Bonchev–Trinajstić information content (AvgIpc) is 3.45. The van der Waals surface area contributed by atoms with Gasteiger partial charge in [0.1, 0.15) is 5.58 Å². The fourth-order valence-corrected chi connectivity index (χ4v) is 3.99. The van der Waals surface area contributed by atoms with Crippen molar-refractivity contribution in [3.8, 4) is 0 Å². The Morgan fingerprint density at radius 1 is 1.00 bits per heavy atom. The normalized spacial score (nSPS) is 19.7. The summed E-state index contributed by atoms with van der Waals surface area (Å²) in [4.78, 5) is 38.4. The third kappa shape index (κ3) is 4.81. The molecule has 2 aliphatic rings. The van der Waals surface area contributed by atoms with Crippen molar-refractivity contribution in [1.29, 1.82) is 0 Å². The molecule has 4 rings (SSSR count). The molecule has 2 aromatic rings. The summed E-state index contributed by atoms with van der Waals surface area (Å²) >= 11 is 0. The minimum Gasteiger partial charge on any atom is -0.451 e. The Bertz CT molecular complexity index is 877. The van der Waals surface area contributed by atoms with E-state index in [1.807, 2.05) is 24.3 Å². The molecule has 1 aromatic carbocycles. The summed E-state index contributed by atoms with van der Waals surface area (Å²) in [7, 11) is 0. The van der Waals surface area contributed by atoms with Gasteiger partial charge in [-0.05, 0) is 43.7 Å². The maximum absolute atomic E-state index is 12.7. The first-order valence-corrected chi connectivity index (χ1v) is 10.6. The van der Waals surface area contributed by atoms with Crippen LogP contribution >= 0.6 is 0 Å². The summed E-state index contributed by atoms with van der Waals surface area (Å²) in [6, 6.07) is 9.33. The van der Waals surface area contributed by atoms with E-state index in [2.05, 4.69) is 10.6 Å². The van der Waals surface area contributed by atoms with Crippen LogP contribution in [0.15, 0.2) is 34.7 Å². The van der Waals surface area contributed by atoms with Crippen molar-refractivity contribution >= 4 is 28.7 Å². The van der Waals surface area contributed by atoms with Crippen molar-refractivity contribution in [2.45, 2.75) is 31.8 Å². The fraction of sp³-hybridized carbons (Fsp3) is 0.500. The van der Waals surface area contributed by atoms with Crippen LogP contribution in [0.1, 0.15) is 36.2 Å². The number of nitrogens with one attached hydrogen (secondary N) is 2. The first-order valence-electron chi connectivity index (χ1n) is 10.6. The highest BCUT2D eigenvalue weighted by Crippen LogP contribution is 2.23. The quantitative estimate of drug-likeness (QED) is 0.727. The molecule has 8 heteroatoms. The van der Waals surface area contributed by atoms with Crippen LogP contribution in [0.2, 0.25) is 0 Å². The van der Waals surface area contributed by atoms with Gasteiger partial charge in [-0.15, -0.1) is 0 Å². The molecule has 2 N–H and O–H groups in total. The largest absolute Gasteiger partial charge is 0.451 e. The van der Waals surface area contributed by atoms with Crippen LogP contribution in [-0.2, 0) is 14.3 Å². The molecule has 1 aromatic heterocycles. The fourth-order valence-electron chi connectivity index (χ4n) is 3.99. The number of nitrogens with zero attached hydrogens (tertiary/aromatic N) is 1. The topological polar surface area (TPSA) is 101 Å². The van der Waals surface area contributed by atoms with Gasteiger partial charge >= 0.3 is 11.8 Å². The third-order valence-corrected chi connectivity index (χ3v) is 5.81. The van der Waals surface area contributed by atoms with Crippen molar-refractivity contribution in [2.24, 2.45) is 5.92 Å². The smallest absolute Gasteiger partial charge is 0.309 e. The summed E-state index contributed by atoms with van der Waals surface area (Å²) in [5, 5.41) is 6.24. The van der Waals surface area contributed by atoms with Crippen LogP contribution in [0.25, 0.3) is 11.0 Å². The Morgan fingerprint density at radius 3 is 2.43 bits per heavy atom. The molecule has 160 valence electrons. The van der Waals surface area contributed by atoms with Crippen LogP contribution in [0, 0.1) is 5.92 Å². The minimum atomic E-state index is -0.622. The number of amides is 3. The lowest BCUT2D eigenvalue weighted by molar-refractivity contribution is -0.139. The Morgan fingerprint density at radius 2 is 1.73 bits per heavy atom. The van der Waals surface area contributed by atoms with Gasteiger partial charge in [0.15, 0.2) is 5.76 Å². The lowest BCUT2D eigenvalue weighted by atomic mass is 9.96. The molecule has 3 amide bonds. The maximum Gasteiger partial charge on any atom is 0.309 e. The van der Waals surface area contributed by atoms with E-state index in [9.17, 15) is 14.4 Å². The number of likely N-dealkylation sites (tertiary alicyclic amines) is 1. The van der Waals surface area contributed by atoms with Crippen LogP contribution < -0.4 is 10.6 Å². The van der Waals surface area contributed by atoms with E-state index in [0.717, 1.165) is 31.1 Å². The molecule has 0 unspecified atom stereocenters. The monoisotopic (exact) mass is 413 g/mol. The minimum absolute atomic E-state index is 0.00960. The van der Waals surface area contributed by atoms with Crippen molar-refractivity contribution < 1.29 is 23.5 Å². The van der Waals surface area contributed by atoms with Gasteiger partial charge in [0, 0.05) is 38.2 Å². The van der Waals surface area contributed by atoms with E-state index in [4.69, 9.17) is 9.15 Å². The molecule has 0 spiro atoms. The van der Waals surface area contributed by atoms with Gasteiger partial charge in [0.2, 0.25) is 0 Å². The van der Waals surface area contributed by atoms with E-state index in [-0.39, 0.29) is 17.9 Å². The predicted octanol–water partition coefficient (Wildman–Crippen LogP) is 1.70. The molecule has 8 nitrogen and oxygen atoms in total. The second kappa shape index (κ2) is 9.30. The van der Waals surface area contributed by atoms with Gasteiger partial charge in [-0.3, -0.25) is 14.4 Å². The molecule has 0 bridgehead atoms. The number of fused-ring (bicyclic) bond motifs is 1. The van der Waals surface area contributed by atoms with E-state index in [0.29, 0.717) is 44.1 Å². The van der Waals surface area contributed by atoms with E-state index in [1.54, 1.807) is 11.0 Å². The van der Waals surface area contributed by atoms with Crippen molar-refractivity contribution in [2.75, 3.05) is 32.8 Å². The number of carbonyl (C=O) groups is 3. The zero-order chi connectivity index (χ0) is 20.9. The zero-order valence-corrected chi connectivity index (χ0v) is 16.9. The molecule has 0 saturated carbocycles. The van der Waals surface area contributed by atoms with Crippen LogP contribution in [0.4, 0.5) is 0 Å². The predicted molar refractivity (Wildman–Crippen MR) is 110 cm³/mol. The van der Waals surface area contributed by atoms with Crippen LogP contribution in [0.5, 0.6) is 0 Å². The standard InChI is InChI=1S/C22H27N3O5/c26-20(21(27)24-14-17-5-3-11-29-17)23-13-15-7-9-25(10-8-15)22(28)19-12-16-4-1-2-6-18(16)30-19/h1-2,4,6,12,15,17H,3,5,7-11,13-14H2,(H,23,26)(H,24,27)/t17-/m0/s1. The van der Waals surface area contributed by atoms with Crippen molar-refractivity contribution in [3.05, 3.63) is 36.1 Å². The lowest BCUT2D eigenvalue weighted by Gasteiger charge is -2.31. The van der Waals surface area contributed by atoms with E-state index in [1.165, 1.54) is 0 Å². The SMILES string of the molecule is O=C(NCC1CCN(C(=O)c2cc3ccccc3o2)CC1)C(=O)NC[C@@H]1CCCO1. The van der Waals surface area contributed by atoms with Crippen LogP contribution in [-0.4, -0.2) is 61.5 Å². The number of rotatable bonds is 5. The summed E-state index contributed by atoms with van der Waals surface area (Å²) in [5.74, 6) is -0.760. The third-order valence-electron chi connectivity index (χ3n) is 5.81. The first-order chi connectivity index (χ1) is 14.6. The molecule has 2 aliphatic heterocycles. The maximum atomic E-state index is 12.7. The van der Waals surface area contributed by atoms with Crippen molar-refractivity contribution in [3.63, 3.8) is 0 Å². The molecular formula is C22H27N3O5. The van der Waals surface area contributed by atoms with E-state index >= 15 is 0 Å². The van der Waals surface area contributed by atoms with Gasteiger partial charge in [-0.2, -0.15) is 0 Å². The molecule has 0 aliphatic carbocycles. The molecular weight excluding hydrogens is 386 g/mol. The van der Waals surface area contributed by atoms with E-state index < -0.39 is 11.8 Å². The Labute approximate surface area is 174 Å². The Balaban J connectivity index is 1.19. The van der Waals surface area contributed by atoms with Gasteiger partial charge in [-0.1, -0.05) is 18.2 Å². The van der Waals surface area contributed by atoms with Gasteiger partial charge in [0.05, 0.1) is 6.10 Å². The average molecular weight is 413 g/mol. The highest BCUT2D eigenvalue weighted by Gasteiger charge is 2.26. The molecule has 1 atom stereocenters. The molecule has 3 heterocycles. The number of hydrogen-bond acceptors (Lipinski definition) is 5. The highest BCUT2D eigenvalue weighted by molar-refractivity contribution is 6.35. The number of furan rings is 1. The van der Waals surface area contributed by atoms with Crippen molar-refractivity contribution in [1.82, 2.24) is 15.5 Å². The summed E-state index contributed by atoms with van der Waals surface area (Å²) in [5.41, 5.74) is 0.705. The number of piperidine rings is 1. The molecule has 2 fully saturated rings.